The number of benzene rings is 1. The molecule has 0 spiro atoms. The van der Waals surface area contributed by atoms with Crippen LogP contribution >= 0.6 is 11.3 Å². The Balaban J connectivity index is 1.39. The van der Waals surface area contributed by atoms with Crippen LogP contribution in [0, 0.1) is 0 Å². The molecule has 0 atom stereocenters. The molecule has 1 fully saturated rings. The molecule has 0 bridgehead atoms. The summed E-state index contributed by atoms with van der Waals surface area (Å²) >= 11 is 1.64. The predicted molar refractivity (Wildman–Crippen MR) is 92.9 cm³/mol. The molecule has 2 aromatic heterocycles. The summed E-state index contributed by atoms with van der Waals surface area (Å²) in [5, 5.41) is 2.02. The van der Waals surface area contributed by atoms with Crippen LogP contribution in [0.5, 0.6) is 0 Å². The Kier molecular flexibility index (Phi) is 3.75. The molecule has 0 aliphatic carbocycles. The summed E-state index contributed by atoms with van der Waals surface area (Å²) in [4.78, 5) is 25.6. The summed E-state index contributed by atoms with van der Waals surface area (Å²) in [5.41, 5.74) is 2.04. The van der Waals surface area contributed by atoms with Gasteiger partial charge in [0.15, 0.2) is 0 Å². The van der Waals surface area contributed by atoms with Gasteiger partial charge < -0.3 is 14.8 Å². The van der Waals surface area contributed by atoms with Crippen molar-refractivity contribution in [2.75, 3.05) is 31.1 Å². The fraction of sp³-hybridized carbons (Fsp3) is 0.294. The molecular formula is C17H18N4OS. The number of carbonyl (C=O) groups is 1. The van der Waals surface area contributed by atoms with E-state index >= 15 is 0 Å². The molecule has 1 aliphatic heterocycles. The van der Waals surface area contributed by atoms with Crippen molar-refractivity contribution in [2.45, 2.75) is 6.42 Å². The van der Waals surface area contributed by atoms with Gasteiger partial charge in [-0.15, -0.1) is 11.3 Å². The molecule has 5 nitrogen and oxygen atoms in total. The maximum atomic E-state index is 12.3. The van der Waals surface area contributed by atoms with Crippen molar-refractivity contribution in [1.82, 2.24) is 14.9 Å². The summed E-state index contributed by atoms with van der Waals surface area (Å²) in [6.07, 6.45) is 0.516. The van der Waals surface area contributed by atoms with Gasteiger partial charge in [-0.2, -0.15) is 0 Å². The number of aromatic nitrogens is 2. The number of hydrogen-bond acceptors (Lipinski definition) is 4. The first-order chi connectivity index (χ1) is 11.3. The van der Waals surface area contributed by atoms with E-state index in [2.05, 4.69) is 14.9 Å². The minimum Gasteiger partial charge on any atom is -0.339 e. The monoisotopic (exact) mass is 326 g/mol. The SMILES string of the molecule is O=C(Cc1cccs1)N1CCN(c2nc3ccccc3[nH]2)CC1. The Bertz CT molecular complexity index is 770. The lowest BCUT2D eigenvalue weighted by atomic mass is 10.2. The second-order valence-corrected chi connectivity index (χ2v) is 6.73. The van der Waals surface area contributed by atoms with E-state index in [1.165, 1.54) is 0 Å². The highest BCUT2D eigenvalue weighted by molar-refractivity contribution is 7.10. The first-order valence-electron chi connectivity index (χ1n) is 7.79. The topological polar surface area (TPSA) is 52.2 Å². The van der Waals surface area contributed by atoms with Crippen LogP contribution in [0.1, 0.15) is 4.88 Å². The predicted octanol–water partition coefficient (Wildman–Crippen LogP) is 2.52. The summed E-state index contributed by atoms with van der Waals surface area (Å²) in [5.74, 6) is 1.12. The van der Waals surface area contributed by atoms with E-state index in [-0.39, 0.29) is 5.91 Å². The van der Waals surface area contributed by atoms with Gasteiger partial charge in [0.05, 0.1) is 17.5 Å². The summed E-state index contributed by atoms with van der Waals surface area (Å²) in [6, 6.07) is 12.1. The number of amides is 1. The Morgan fingerprint density at radius 2 is 1.96 bits per heavy atom. The zero-order valence-electron chi connectivity index (χ0n) is 12.7. The van der Waals surface area contributed by atoms with E-state index in [0.717, 1.165) is 48.0 Å². The summed E-state index contributed by atoms with van der Waals surface area (Å²) in [7, 11) is 0. The minimum atomic E-state index is 0.219. The lowest BCUT2D eigenvalue weighted by Crippen LogP contribution is -2.49. The number of hydrogen-bond donors (Lipinski definition) is 1. The Morgan fingerprint density at radius 1 is 1.13 bits per heavy atom. The molecule has 1 amide bonds. The smallest absolute Gasteiger partial charge is 0.227 e. The Hall–Kier alpha value is -2.34. The highest BCUT2D eigenvalue weighted by atomic mass is 32.1. The van der Waals surface area contributed by atoms with Crippen molar-refractivity contribution in [3.8, 4) is 0 Å². The number of nitrogens with one attached hydrogen (secondary N) is 1. The van der Waals surface area contributed by atoms with E-state index < -0.39 is 0 Å². The number of aromatic amines is 1. The van der Waals surface area contributed by atoms with Crippen LogP contribution in [-0.2, 0) is 11.2 Å². The standard InChI is InChI=1S/C17H18N4OS/c22-16(12-13-4-3-11-23-13)20-7-9-21(10-8-20)17-18-14-5-1-2-6-15(14)19-17/h1-6,11H,7-10,12H2,(H,18,19). The number of thiophene rings is 1. The first-order valence-corrected chi connectivity index (χ1v) is 8.67. The highest BCUT2D eigenvalue weighted by Crippen LogP contribution is 2.19. The number of piperazine rings is 1. The number of imidazole rings is 1. The molecule has 0 radical (unpaired) electrons. The molecule has 1 saturated heterocycles. The van der Waals surface area contributed by atoms with Crippen molar-refractivity contribution in [1.29, 1.82) is 0 Å². The van der Waals surface area contributed by atoms with E-state index in [1.807, 2.05) is 46.7 Å². The average Bonchev–Trinajstić information content (AvgIpc) is 3.24. The third kappa shape index (κ3) is 2.94. The maximum absolute atomic E-state index is 12.3. The van der Waals surface area contributed by atoms with E-state index in [4.69, 9.17) is 0 Å². The molecular weight excluding hydrogens is 308 g/mol. The van der Waals surface area contributed by atoms with Gasteiger partial charge in [-0.3, -0.25) is 4.79 Å². The van der Waals surface area contributed by atoms with E-state index in [9.17, 15) is 4.79 Å². The van der Waals surface area contributed by atoms with Crippen LogP contribution in [-0.4, -0.2) is 47.0 Å². The van der Waals surface area contributed by atoms with Crippen molar-refractivity contribution in [2.24, 2.45) is 0 Å². The largest absolute Gasteiger partial charge is 0.339 e. The quantitative estimate of drug-likeness (QED) is 0.805. The van der Waals surface area contributed by atoms with Gasteiger partial charge in [0.2, 0.25) is 11.9 Å². The van der Waals surface area contributed by atoms with Gasteiger partial charge in [-0.1, -0.05) is 18.2 Å². The van der Waals surface area contributed by atoms with Gasteiger partial charge in [-0.05, 0) is 23.6 Å². The number of anilines is 1. The zero-order chi connectivity index (χ0) is 15.6. The lowest BCUT2D eigenvalue weighted by molar-refractivity contribution is -0.130. The maximum Gasteiger partial charge on any atom is 0.227 e. The number of fused-ring (bicyclic) bond motifs is 1. The van der Waals surface area contributed by atoms with Crippen molar-refractivity contribution in [3.63, 3.8) is 0 Å². The van der Waals surface area contributed by atoms with Gasteiger partial charge in [0, 0.05) is 31.1 Å². The summed E-state index contributed by atoms with van der Waals surface area (Å²) in [6.45, 7) is 3.13. The second kappa shape index (κ2) is 6.04. The van der Waals surface area contributed by atoms with Crippen molar-refractivity contribution in [3.05, 3.63) is 46.7 Å². The molecule has 3 aromatic rings. The molecule has 23 heavy (non-hydrogen) atoms. The number of H-pyrrole nitrogens is 1. The normalized spacial score (nSPS) is 15.3. The first kappa shape index (κ1) is 14.3. The van der Waals surface area contributed by atoms with Crippen LogP contribution in [0.4, 0.5) is 5.95 Å². The number of para-hydroxylation sites is 2. The van der Waals surface area contributed by atoms with E-state index in [0.29, 0.717) is 6.42 Å². The lowest BCUT2D eigenvalue weighted by Gasteiger charge is -2.34. The van der Waals surface area contributed by atoms with Crippen LogP contribution in [0.3, 0.4) is 0 Å². The number of nitrogens with zero attached hydrogens (tertiary/aromatic N) is 3. The fourth-order valence-electron chi connectivity index (χ4n) is 2.93. The van der Waals surface area contributed by atoms with Gasteiger partial charge in [-0.25, -0.2) is 4.98 Å². The molecule has 118 valence electrons. The molecule has 1 aliphatic rings. The summed E-state index contributed by atoms with van der Waals surface area (Å²) < 4.78 is 0. The van der Waals surface area contributed by atoms with Crippen molar-refractivity contribution >= 4 is 34.2 Å². The van der Waals surface area contributed by atoms with Crippen LogP contribution in [0.25, 0.3) is 11.0 Å². The highest BCUT2D eigenvalue weighted by Gasteiger charge is 2.23. The van der Waals surface area contributed by atoms with E-state index in [1.54, 1.807) is 11.3 Å². The molecule has 1 aromatic carbocycles. The molecule has 0 unspecified atom stereocenters. The van der Waals surface area contributed by atoms with Crippen molar-refractivity contribution < 1.29 is 4.79 Å². The Labute approximate surface area is 138 Å². The second-order valence-electron chi connectivity index (χ2n) is 5.70. The molecule has 4 rings (SSSR count). The third-order valence-electron chi connectivity index (χ3n) is 4.21. The van der Waals surface area contributed by atoms with Gasteiger partial charge in [0.1, 0.15) is 0 Å². The number of carbonyl (C=O) groups excluding carboxylic acids is 1. The van der Waals surface area contributed by atoms with Crippen LogP contribution < -0.4 is 4.90 Å². The van der Waals surface area contributed by atoms with Gasteiger partial charge in [0.25, 0.3) is 0 Å². The number of rotatable bonds is 3. The molecule has 3 heterocycles. The molecule has 6 heteroatoms. The van der Waals surface area contributed by atoms with Crippen LogP contribution in [0.15, 0.2) is 41.8 Å². The molecule has 1 N–H and O–H groups in total. The Morgan fingerprint density at radius 3 is 2.70 bits per heavy atom. The zero-order valence-corrected chi connectivity index (χ0v) is 13.6. The van der Waals surface area contributed by atoms with Gasteiger partial charge >= 0.3 is 0 Å². The fourth-order valence-corrected chi connectivity index (χ4v) is 3.63. The third-order valence-corrected chi connectivity index (χ3v) is 5.09. The average molecular weight is 326 g/mol. The molecule has 0 saturated carbocycles. The van der Waals surface area contributed by atoms with Crippen LogP contribution in [0.2, 0.25) is 0 Å². The minimum absolute atomic E-state index is 0.219.